The molecule has 1 nitrogen and oxygen atoms in total. The Balaban J connectivity index is 1.87. The Hall–Kier alpha value is -1.28. The van der Waals surface area contributed by atoms with Crippen molar-refractivity contribution in [3.63, 3.8) is 0 Å². The Morgan fingerprint density at radius 3 is 2.53 bits per heavy atom. The quantitative estimate of drug-likeness (QED) is 0.800. The number of nitrogens with one attached hydrogen (secondary N) is 1. The third-order valence-electron chi connectivity index (χ3n) is 3.28. The van der Waals surface area contributed by atoms with Gasteiger partial charge in [-0.15, -0.1) is 0 Å². The average Bonchev–Trinajstić information content (AvgIpc) is 2.42. The maximum atomic E-state index is 3.56. The first-order valence-corrected chi connectivity index (χ1v) is 7.51. The van der Waals surface area contributed by atoms with Crippen molar-refractivity contribution in [1.29, 1.82) is 0 Å². The lowest BCUT2D eigenvalue weighted by molar-refractivity contribution is 0.706. The molecule has 0 heterocycles. The Labute approximate surface area is 124 Å². The molecule has 0 aliphatic heterocycles. The summed E-state index contributed by atoms with van der Waals surface area (Å²) < 4.78 is 1.16. The molecule has 2 aromatic rings. The van der Waals surface area contributed by atoms with Gasteiger partial charge in [0.25, 0.3) is 0 Å². The normalized spacial score (nSPS) is 12.2. The molecule has 1 N–H and O–H groups in total. The molecule has 19 heavy (non-hydrogen) atoms. The van der Waals surface area contributed by atoms with E-state index in [9.17, 15) is 0 Å². The van der Waals surface area contributed by atoms with E-state index in [2.05, 4.69) is 83.6 Å². The van der Waals surface area contributed by atoms with Gasteiger partial charge in [0.2, 0.25) is 0 Å². The van der Waals surface area contributed by atoms with Crippen LogP contribution in [-0.4, -0.2) is 6.04 Å². The summed E-state index contributed by atoms with van der Waals surface area (Å²) in [7, 11) is 0. The first kappa shape index (κ1) is 14.1. The standard InChI is InChI=1S/C17H20BrN/c1-13-12-16(10-11-17(13)18)19-14(2)8-9-15-6-4-3-5-7-15/h3-7,10-12,14,19H,8-9H2,1-2H3. The van der Waals surface area contributed by atoms with Gasteiger partial charge in [0.05, 0.1) is 0 Å². The SMILES string of the molecule is Cc1cc(NC(C)CCc2ccccc2)ccc1Br. The average molecular weight is 318 g/mol. The van der Waals surface area contributed by atoms with Crippen LogP contribution in [0.25, 0.3) is 0 Å². The highest BCUT2D eigenvalue weighted by Gasteiger charge is 2.04. The lowest BCUT2D eigenvalue weighted by Crippen LogP contribution is -2.16. The third-order valence-corrected chi connectivity index (χ3v) is 4.17. The van der Waals surface area contributed by atoms with Gasteiger partial charge in [-0.25, -0.2) is 0 Å². The molecule has 0 saturated heterocycles. The highest BCUT2D eigenvalue weighted by atomic mass is 79.9. The second-order valence-electron chi connectivity index (χ2n) is 5.03. The van der Waals surface area contributed by atoms with Crippen molar-refractivity contribution >= 4 is 21.6 Å². The molecule has 1 unspecified atom stereocenters. The van der Waals surface area contributed by atoms with Gasteiger partial charge >= 0.3 is 0 Å². The van der Waals surface area contributed by atoms with E-state index in [0.29, 0.717) is 6.04 Å². The van der Waals surface area contributed by atoms with Crippen LogP contribution in [0, 0.1) is 6.92 Å². The summed E-state index contributed by atoms with van der Waals surface area (Å²) in [5.74, 6) is 0. The summed E-state index contributed by atoms with van der Waals surface area (Å²) in [5.41, 5.74) is 3.87. The molecule has 0 spiro atoms. The second-order valence-corrected chi connectivity index (χ2v) is 5.89. The lowest BCUT2D eigenvalue weighted by atomic mass is 10.1. The molecule has 1 atom stereocenters. The van der Waals surface area contributed by atoms with Crippen molar-refractivity contribution in [2.24, 2.45) is 0 Å². The van der Waals surface area contributed by atoms with Crippen LogP contribution in [0.15, 0.2) is 53.0 Å². The van der Waals surface area contributed by atoms with Crippen LogP contribution in [0.3, 0.4) is 0 Å². The monoisotopic (exact) mass is 317 g/mol. The van der Waals surface area contributed by atoms with Gasteiger partial charge in [0.1, 0.15) is 0 Å². The molecule has 2 aromatic carbocycles. The topological polar surface area (TPSA) is 12.0 Å². The molecule has 0 aliphatic rings. The molecular weight excluding hydrogens is 298 g/mol. The molecular formula is C17H20BrN. The number of hydrogen-bond acceptors (Lipinski definition) is 1. The highest BCUT2D eigenvalue weighted by Crippen LogP contribution is 2.21. The van der Waals surface area contributed by atoms with E-state index in [1.807, 2.05) is 0 Å². The number of anilines is 1. The minimum Gasteiger partial charge on any atom is -0.383 e. The van der Waals surface area contributed by atoms with Crippen LogP contribution in [-0.2, 0) is 6.42 Å². The molecule has 2 heteroatoms. The predicted molar refractivity (Wildman–Crippen MR) is 86.7 cm³/mol. The zero-order valence-electron chi connectivity index (χ0n) is 11.5. The van der Waals surface area contributed by atoms with E-state index in [-0.39, 0.29) is 0 Å². The smallest absolute Gasteiger partial charge is 0.0345 e. The minimum absolute atomic E-state index is 0.473. The van der Waals surface area contributed by atoms with Crippen molar-refractivity contribution in [3.05, 3.63) is 64.1 Å². The van der Waals surface area contributed by atoms with Gasteiger partial charge in [-0.2, -0.15) is 0 Å². The van der Waals surface area contributed by atoms with Gasteiger partial charge in [0, 0.05) is 16.2 Å². The Morgan fingerprint density at radius 2 is 1.84 bits per heavy atom. The van der Waals surface area contributed by atoms with Crippen LogP contribution < -0.4 is 5.32 Å². The Kier molecular flexibility index (Phi) is 5.03. The number of hydrogen-bond donors (Lipinski definition) is 1. The summed E-state index contributed by atoms with van der Waals surface area (Å²) in [4.78, 5) is 0. The summed E-state index contributed by atoms with van der Waals surface area (Å²) in [5, 5.41) is 3.56. The molecule has 2 rings (SSSR count). The largest absolute Gasteiger partial charge is 0.383 e. The Morgan fingerprint density at radius 1 is 1.11 bits per heavy atom. The van der Waals surface area contributed by atoms with Crippen LogP contribution in [0.2, 0.25) is 0 Å². The molecule has 0 amide bonds. The fraction of sp³-hybridized carbons (Fsp3) is 0.294. The van der Waals surface area contributed by atoms with Crippen molar-refractivity contribution < 1.29 is 0 Å². The highest BCUT2D eigenvalue weighted by molar-refractivity contribution is 9.10. The van der Waals surface area contributed by atoms with E-state index in [4.69, 9.17) is 0 Å². The number of benzene rings is 2. The molecule has 0 fully saturated rings. The Bertz CT molecular complexity index is 522. The van der Waals surface area contributed by atoms with Crippen LogP contribution in [0.5, 0.6) is 0 Å². The summed E-state index contributed by atoms with van der Waals surface area (Å²) in [6, 6.07) is 17.5. The van der Waals surface area contributed by atoms with E-state index >= 15 is 0 Å². The van der Waals surface area contributed by atoms with Crippen molar-refractivity contribution in [3.8, 4) is 0 Å². The molecule has 0 saturated carbocycles. The molecule has 0 radical (unpaired) electrons. The van der Waals surface area contributed by atoms with Crippen molar-refractivity contribution in [2.75, 3.05) is 5.32 Å². The van der Waals surface area contributed by atoms with Gasteiger partial charge in [-0.1, -0.05) is 46.3 Å². The third kappa shape index (κ3) is 4.39. The summed E-state index contributed by atoms with van der Waals surface area (Å²) in [6.07, 6.45) is 2.25. The maximum Gasteiger partial charge on any atom is 0.0345 e. The van der Waals surface area contributed by atoms with Crippen LogP contribution in [0.4, 0.5) is 5.69 Å². The molecule has 0 aromatic heterocycles. The van der Waals surface area contributed by atoms with E-state index in [0.717, 1.165) is 17.3 Å². The number of halogens is 1. The van der Waals surface area contributed by atoms with Crippen LogP contribution in [0.1, 0.15) is 24.5 Å². The first-order valence-electron chi connectivity index (χ1n) is 6.72. The van der Waals surface area contributed by atoms with Gasteiger partial charge in [-0.05, 0) is 56.0 Å². The second kappa shape index (κ2) is 6.76. The van der Waals surface area contributed by atoms with Gasteiger partial charge in [-0.3, -0.25) is 0 Å². The van der Waals surface area contributed by atoms with E-state index in [1.165, 1.54) is 16.8 Å². The first-order chi connectivity index (χ1) is 9.15. The molecule has 0 bridgehead atoms. The minimum atomic E-state index is 0.473. The molecule has 0 aliphatic carbocycles. The fourth-order valence-corrected chi connectivity index (χ4v) is 2.37. The van der Waals surface area contributed by atoms with E-state index < -0.39 is 0 Å². The lowest BCUT2D eigenvalue weighted by Gasteiger charge is -2.16. The predicted octanol–water partition coefficient (Wildman–Crippen LogP) is 5.19. The summed E-state index contributed by atoms with van der Waals surface area (Å²) >= 11 is 3.53. The molecule has 100 valence electrons. The van der Waals surface area contributed by atoms with Gasteiger partial charge in [0.15, 0.2) is 0 Å². The van der Waals surface area contributed by atoms with Crippen LogP contribution >= 0.6 is 15.9 Å². The zero-order valence-corrected chi connectivity index (χ0v) is 13.1. The van der Waals surface area contributed by atoms with Gasteiger partial charge < -0.3 is 5.32 Å². The fourth-order valence-electron chi connectivity index (χ4n) is 2.12. The maximum absolute atomic E-state index is 3.56. The number of rotatable bonds is 5. The zero-order chi connectivity index (χ0) is 13.7. The number of aryl methyl sites for hydroxylation is 2. The van der Waals surface area contributed by atoms with Crippen molar-refractivity contribution in [1.82, 2.24) is 0 Å². The van der Waals surface area contributed by atoms with E-state index in [1.54, 1.807) is 0 Å². The summed E-state index contributed by atoms with van der Waals surface area (Å²) in [6.45, 7) is 4.35. The van der Waals surface area contributed by atoms with Crippen molar-refractivity contribution in [2.45, 2.75) is 32.7 Å².